The number of aryl methyl sites for hydroxylation is 1. The van der Waals surface area contributed by atoms with Gasteiger partial charge >= 0.3 is 0 Å². The molecule has 96 valence electrons. The molecule has 2 rings (SSSR count). The van der Waals surface area contributed by atoms with E-state index < -0.39 is 0 Å². The summed E-state index contributed by atoms with van der Waals surface area (Å²) in [6.45, 7) is 2.15. The van der Waals surface area contributed by atoms with Crippen molar-refractivity contribution in [1.82, 2.24) is 24.9 Å². The van der Waals surface area contributed by atoms with Crippen molar-refractivity contribution in [1.29, 1.82) is 0 Å². The van der Waals surface area contributed by atoms with Gasteiger partial charge in [-0.2, -0.15) is 10.2 Å². The van der Waals surface area contributed by atoms with E-state index in [0.29, 0.717) is 12.4 Å². The van der Waals surface area contributed by atoms with Crippen molar-refractivity contribution in [2.75, 3.05) is 5.73 Å². The summed E-state index contributed by atoms with van der Waals surface area (Å²) in [5.41, 5.74) is 6.60. The van der Waals surface area contributed by atoms with Gasteiger partial charge in [0.2, 0.25) is 5.91 Å². The fraction of sp³-hybridized carbons (Fsp3) is 0.364. The average molecular weight is 248 g/mol. The Bertz CT molecular complexity index is 530. The minimum absolute atomic E-state index is 0.109. The van der Waals surface area contributed by atoms with Crippen LogP contribution in [-0.4, -0.2) is 25.5 Å². The molecule has 2 aromatic rings. The van der Waals surface area contributed by atoms with E-state index in [1.807, 2.05) is 0 Å². The number of hydrogen-bond donors (Lipinski definition) is 2. The van der Waals surface area contributed by atoms with Crippen molar-refractivity contribution in [2.45, 2.75) is 19.5 Å². The van der Waals surface area contributed by atoms with E-state index in [0.717, 1.165) is 5.56 Å². The molecule has 0 aromatic carbocycles. The Balaban J connectivity index is 1.94. The van der Waals surface area contributed by atoms with E-state index >= 15 is 0 Å². The van der Waals surface area contributed by atoms with Crippen molar-refractivity contribution in [2.24, 2.45) is 7.05 Å². The lowest BCUT2D eigenvalue weighted by molar-refractivity contribution is -0.124. The van der Waals surface area contributed by atoms with Crippen molar-refractivity contribution >= 4 is 11.7 Å². The number of nitrogens with zero attached hydrogens (tertiary/aromatic N) is 4. The Kier molecular flexibility index (Phi) is 3.31. The molecule has 0 fully saturated rings. The molecule has 3 N–H and O–H groups in total. The molecule has 0 aliphatic carbocycles. The summed E-state index contributed by atoms with van der Waals surface area (Å²) < 4.78 is 3.17. The third-order valence-corrected chi connectivity index (χ3v) is 2.82. The van der Waals surface area contributed by atoms with Gasteiger partial charge in [0.1, 0.15) is 11.9 Å². The number of hydrogen-bond acceptors (Lipinski definition) is 4. The fourth-order valence-electron chi connectivity index (χ4n) is 1.59. The van der Waals surface area contributed by atoms with Crippen LogP contribution < -0.4 is 11.1 Å². The largest absolute Gasteiger partial charge is 0.384 e. The highest BCUT2D eigenvalue weighted by atomic mass is 16.2. The van der Waals surface area contributed by atoms with Crippen molar-refractivity contribution in [3.63, 3.8) is 0 Å². The molecule has 2 aromatic heterocycles. The normalized spacial score (nSPS) is 12.3. The maximum atomic E-state index is 11.9. The Morgan fingerprint density at radius 2 is 2.33 bits per heavy atom. The number of nitrogens with two attached hydrogens (primary N) is 1. The first kappa shape index (κ1) is 12.2. The summed E-state index contributed by atoms with van der Waals surface area (Å²) in [5, 5.41) is 10.8. The van der Waals surface area contributed by atoms with Crippen LogP contribution in [0.3, 0.4) is 0 Å². The van der Waals surface area contributed by atoms with E-state index in [1.54, 1.807) is 48.0 Å². The molecule has 7 nitrogen and oxygen atoms in total. The molecule has 0 saturated carbocycles. The summed E-state index contributed by atoms with van der Waals surface area (Å²) in [6, 6.07) is 1.43. The molecule has 7 heteroatoms. The Morgan fingerprint density at radius 1 is 1.56 bits per heavy atom. The number of carbonyl (C=O) groups is 1. The Hall–Kier alpha value is -2.31. The van der Waals surface area contributed by atoms with Crippen molar-refractivity contribution in [3.05, 3.63) is 30.2 Å². The Labute approximate surface area is 105 Å². The summed E-state index contributed by atoms with van der Waals surface area (Å²) in [7, 11) is 1.76. The number of nitrogens with one attached hydrogen (secondary N) is 1. The van der Waals surface area contributed by atoms with Gasteiger partial charge in [-0.05, 0) is 13.0 Å². The van der Waals surface area contributed by atoms with Crippen LogP contribution in [0.5, 0.6) is 0 Å². The highest BCUT2D eigenvalue weighted by Crippen LogP contribution is 2.09. The van der Waals surface area contributed by atoms with E-state index in [2.05, 4.69) is 15.5 Å². The van der Waals surface area contributed by atoms with Gasteiger partial charge in [-0.1, -0.05) is 0 Å². The van der Waals surface area contributed by atoms with Crippen LogP contribution in [-0.2, 0) is 18.4 Å². The number of nitrogen functional groups attached to an aromatic ring is 1. The molecule has 0 radical (unpaired) electrons. The Morgan fingerprint density at radius 3 is 2.89 bits per heavy atom. The predicted octanol–water partition coefficient (Wildman–Crippen LogP) is 0.0762. The highest BCUT2D eigenvalue weighted by Gasteiger charge is 2.15. The highest BCUT2D eigenvalue weighted by molar-refractivity contribution is 5.79. The van der Waals surface area contributed by atoms with Crippen LogP contribution in [0.25, 0.3) is 0 Å². The van der Waals surface area contributed by atoms with Crippen molar-refractivity contribution in [3.8, 4) is 0 Å². The number of rotatable bonds is 4. The molecular weight excluding hydrogens is 232 g/mol. The van der Waals surface area contributed by atoms with Crippen LogP contribution >= 0.6 is 0 Å². The standard InChI is InChI=1S/C11H16N6O/c1-8(17-5-3-4-14-17)11(18)13-6-9-7-15-16(2)10(9)12/h3-5,7-8H,6,12H2,1-2H3,(H,13,18). The smallest absolute Gasteiger partial charge is 0.244 e. The van der Waals surface area contributed by atoms with Gasteiger partial charge in [-0.25, -0.2) is 0 Å². The molecule has 1 amide bonds. The van der Waals surface area contributed by atoms with E-state index in [9.17, 15) is 4.79 Å². The van der Waals surface area contributed by atoms with Gasteiger partial charge in [0.05, 0.1) is 6.20 Å². The zero-order valence-corrected chi connectivity index (χ0v) is 10.4. The van der Waals surface area contributed by atoms with Crippen LogP contribution in [0.2, 0.25) is 0 Å². The van der Waals surface area contributed by atoms with Crippen LogP contribution in [0, 0.1) is 0 Å². The SMILES string of the molecule is CC(C(=O)NCc1cnn(C)c1N)n1cccn1. The number of carbonyl (C=O) groups excluding carboxylic acids is 1. The van der Waals surface area contributed by atoms with Crippen LogP contribution in [0.1, 0.15) is 18.5 Å². The maximum absolute atomic E-state index is 11.9. The summed E-state index contributed by atoms with van der Waals surface area (Å²) in [5.74, 6) is 0.448. The molecule has 0 saturated heterocycles. The second-order valence-corrected chi connectivity index (χ2v) is 4.06. The van der Waals surface area contributed by atoms with Crippen LogP contribution in [0.4, 0.5) is 5.82 Å². The topological polar surface area (TPSA) is 90.8 Å². The van der Waals surface area contributed by atoms with Gasteiger partial charge in [0, 0.05) is 31.5 Å². The van der Waals surface area contributed by atoms with Gasteiger partial charge in [0.25, 0.3) is 0 Å². The zero-order valence-electron chi connectivity index (χ0n) is 10.4. The minimum Gasteiger partial charge on any atom is -0.384 e. The number of anilines is 1. The zero-order chi connectivity index (χ0) is 13.1. The van der Waals surface area contributed by atoms with E-state index in [1.165, 1.54) is 0 Å². The second-order valence-electron chi connectivity index (χ2n) is 4.06. The van der Waals surface area contributed by atoms with Gasteiger partial charge < -0.3 is 11.1 Å². The monoisotopic (exact) mass is 248 g/mol. The average Bonchev–Trinajstić information content (AvgIpc) is 2.99. The van der Waals surface area contributed by atoms with Crippen molar-refractivity contribution < 1.29 is 4.79 Å². The minimum atomic E-state index is -0.349. The third kappa shape index (κ3) is 2.34. The lowest BCUT2D eigenvalue weighted by Crippen LogP contribution is -2.31. The molecule has 0 aliphatic rings. The van der Waals surface area contributed by atoms with Gasteiger partial charge in [-0.15, -0.1) is 0 Å². The molecule has 2 heterocycles. The first-order valence-electron chi connectivity index (χ1n) is 5.62. The molecule has 1 unspecified atom stereocenters. The summed E-state index contributed by atoms with van der Waals surface area (Å²) >= 11 is 0. The summed E-state index contributed by atoms with van der Waals surface area (Å²) in [4.78, 5) is 11.9. The van der Waals surface area contributed by atoms with E-state index in [-0.39, 0.29) is 11.9 Å². The number of aromatic nitrogens is 4. The number of amides is 1. The van der Waals surface area contributed by atoms with Crippen LogP contribution in [0.15, 0.2) is 24.7 Å². The second kappa shape index (κ2) is 4.91. The first-order valence-corrected chi connectivity index (χ1v) is 5.62. The molecule has 18 heavy (non-hydrogen) atoms. The summed E-state index contributed by atoms with van der Waals surface area (Å²) in [6.07, 6.45) is 5.04. The van der Waals surface area contributed by atoms with Gasteiger partial charge in [-0.3, -0.25) is 14.2 Å². The third-order valence-electron chi connectivity index (χ3n) is 2.82. The van der Waals surface area contributed by atoms with E-state index in [4.69, 9.17) is 5.73 Å². The molecular formula is C11H16N6O. The lowest BCUT2D eigenvalue weighted by Gasteiger charge is -2.12. The van der Waals surface area contributed by atoms with Gasteiger partial charge in [0.15, 0.2) is 0 Å². The molecule has 1 atom stereocenters. The predicted molar refractivity (Wildman–Crippen MR) is 66.4 cm³/mol. The molecule has 0 spiro atoms. The fourth-order valence-corrected chi connectivity index (χ4v) is 1.59. The maximum Gasteiger partial charge on any atom is 0.244 e. The lowest BCUT2D eigenvalue weighted by atomic mass is 10.3. The molecule has 0 bridgehead atoms. The quantitative estimate of drug-likeness (QED) is 0.801. The molecule has 0 aliphatic heterocycles. The first-order chi connectivity index (χ1) is 8.59.